The van der Waals surface area contributed by atoms with E-state index < -0.39 is 15.8 Å². The summed E-state index contributed by atoms with van der Waals surface area (Å²) in [7, 11) is -2.57. The summed E-state index contributed by atoms with van der Waals surface area (Å²) in [4.78, 5) is 1.51. The lowest BCUT2D eigenvalue weighted by Gasteiger charge is -2.14. The molecule has 0 aliphatic heterocycles. The molecule has 0 heterocycles. The molecule has 27 heavy (non-hydrogen) atoms. The second-order valence-corrected chi connectivity index (χ2v) is 8.33. The number of hydrogen-bond donors (Lipinski definition) is 2. The third kappa shape index (κ3) is 4.53. The standard InChI is InChI=1S/C19H17FN2O3S2/c1-25-17-12-13(20)6-11-16(17)22-27(23,24)19-5-3-2-4-18(19)26-15-9-7-14(21)8-10-15/h2-12,22H,21H2,1H3. The molecule has 0 aromatic heterocycles. The Hall–Kier alpha value is -2.71. The molecule has 0 atom stereocenters. The summed E-state index contributed by atoms with van der Waals surface area (Å²) in [6.07, 6.45) is 0. The second kappa shape index (κ2) is 7.89. The van der Waals surface area contributed by atoms with E-state index in [1.165, 1.54) is 31.0 Å². The number of nitrogens with one attached hydrogen (secondary N) is 1. The van der Waals surface area contributed by atoms with Gasteiger partial charge in [-0.05, 0) is 48.5 Å². The highest BCUT2D eigenvalue weighted by molar-refractivity contribution is 8.00. The first kappa shape index (κ1) is 19.1. The van der Waals surface area contributed by atoms with E-state index in [4.69, 9.17) is 10.5 Å². The van der Waals surface area contributed by atoms with Gasteiger partial charge in [0.2, 0.25) is 0 Å². The monoisotopic (exact) mass is 404 g/mol. The van der Waals surface area contributed by atoms with Crippen molar-refractivity contribution in [3.05, 3.63) is 72.5 Å². The number of benzene rings is 3. The van der Waals surface area contributed by atoms with Gasteiger partial charge in [-0.1, -0.05) is 23.9 Å². The minimum absolute atomic E-state index is 0.0993. The largest absolute Gasteiger partial charge is 0.494 e. The normalized spacial score (nSPS) is 11.2. The van der Waals surface area contributed by atoms with E-state index >= 15 is 0 Å². The van der Waals surface area contributed by atoms with Crippen LogP contribution < -0.4 is 15.2 Å². The first-order valence-corrected chi connectivity index (χ1v) is 10.2. The van der Waals surface area contributed by atoms with E-state index in [-0.39, 0.29) is 16.3 Å². The van der Waals surface area contributed by atoms with E-state index in [9.17, 15) is 12.8 Å². The van der Waals surface area contributed by atoms with Crippen LogP contribution in [0.15, 0.2) is 81.4 Å². The van der Waals surface area contributed by atoms with Crippen LogP contribution >= 0.6 is 11.8 Å². The highest BCUT2D eigenvalue weighted by Crippen LogP contribution is 2.35. The SMILES string of the molecule is COc1cc(F)ccc1NS(=O)(=O)c1ccccc1Sc1ccc(N)cc1. The van der Waals surface area contributed by atoms with Gasteiger partial charge in [0.05, 0.1) is 12.8 Å². The molecule has 8 heteroatoms. The van der Waals surface area contributed by atoms with Gasteiger partial charge in [0, 0.05) is 21.5 Å². The Labute approximate surface area is 161 Å². The number of hydrogen-bond acceptors (Lipinski definition) is 5. The molecule has 0 amide bonds. The van der Waals surface area contributed by atoms with Crippen LogP contribution in [0.25, 0.3) is 0 Å². The Balaban J connectivity index is 1.94. The smallest absolute Gasteiger partial charge is 0.263 e. The summed E-state index contributed by atoms with van der Waals surface area (Å²) < 4.78 is 46.7. The lowest BCUT2D eigenvalue weighted by Crippen LogP contribution is -2.14. The predicted molar refractivity (Wildman–Crippen MR) is 105 cm³/mol. The molecule has 0 unspecified atom stereocenters. The molecule has 0 bridgehead atoms. The van der Waals surface area contributed by atoms with E-state index in [2.05, 4.69) is 4.72 Å². The van der Waals surface area contributed by atoms with Crippen molar-refractivity contribution in [1.82, 2.24) is 0 Å². The zero-order chi connectivity index (χ0) is 19.4. The maximum absolute atomic E-state index is 13.4. The Morgan fingerprint density at radius 1 is 1.04 bits per heavy atom. The molecule has 3 aromatic carbocycles. The number of halogens is 1. The van der Waals surface area contributed by atoms with Crippen LogP contribution in [0, 0.1) is 5.82 Å². The molecule has 3 N–H and O–H groups in total. The van der Waals surface area contributed by atoms with Crippen LogP contribution in [0.2, 0.25) is 0 Å². The number of sulfonamides is 1. The van der Waals surface area contributed by atoms with Crippen molar-refractivity contribution in [2.45, 2.75) is 14.7 Å². The number of ether oxygens (including phenoxy) is 1. The van der Waals surface area contributed by atoms with Crippen molar-refractivity contribution in [1.29, 1.82) is 0 Å². The summed E-state index contributed by atoms with van der Waals surface area (Å²) in [5, 5.41) is 0. The van der Waals surface area contributed by atoms with E-state index in [1.807, 2.05) is 12.1 Å². The zero-order valence-corrected chi connectivity index (χ0v) is 16.0. The maximum atomic E-state index is 13.4. The Bertz CT molecular complexity index is 1050. The van der Waals surface area contributed by atoms with Gasteiger partial charge in [-0.25, -0.2) is 12.8 Å². The van der Waals surface area contributed by atoms with Crippen molar-refractivity contribution in [2.75, 3.05) is 17.6 Å². The highest BCUT2D eigenvalue weighted by Gasteiger charge is 2.21. The number of nitrogen functional groups attached to an aromatic ring is 1. The zero-order valence-electron chi connectivity index (χ0n) is 14.3. The minimum Gasteiger partial charge on any atom is -0.494 e. The fraction of sp³-hybridized carbons (Fsp3) is 0.0526. The highest BCUT2D eigenvalue weighted by atomic mass is 32.2. The molecule has 140 valence electrons. The molecule has 5 nitrogen and oxygen atoms in total. The van der Waals surface area contributed by atoms with Crippen LogP contribution in [0.4, 0.5) is 15.8 Å². The van der Waals surface area contributed by atoms with Gasteiger partial charge < -0.3 is 10.5 Å². The molecular weight excluding hydrogens is 387 g/mol. The molecular formula is C19H17FN2O3S2. The molecule has 0 aliphatic rings. The lowest BCUT2D eigenvalue weighted by molar-refractivity contribution is 0.413. The molecule has 3 aromatic rings. The van der Waals surface area contributed by atoms with Gasteiger partial charge in [-0.3, -0.25) is 4.72 Å². The molecule has 0 fully saturated rings. The van der Waals surface area contributed by atoms with E-state index in [1.54, 1.807) is 30.3 Å². The van der Waals surface area contributed by atoms with Crippen molar-refractivity contribution >= 4 is 33.2 Å². The molecule has 0 aliphatic carbocycles. The third-order valence-corrected chi connectivity index (χ3v) is 6.29. The fourth-order valence-corrected chi connectivity index (χ4v) is 4.82. The second-order valence-electron chi connectivity index (χ2n) is 5.57. The number of nitrogens with two attached hydrogens (primary N) is 1. The summed E-state index contributed by atoms with van der Waals surface area (Å²) in [5.74, 6) is -0.420. The number of anilines is 2. The molecule has 0 saturated heterocycles. The van der Waals surface area contributed by atoms with Crippen LogP contribution in [0.5, 0.6) is 5.75 Å². The van der Waals surface area contributed by atoms with Gasteiger partial charge in [-0.2, -0.15) is 0 Å². The van der Waals surface area contributed by atoms with Crippen molar-refractivity contribution in [3.63, 3.8) is 0 Å². The quantitative estimate of drug-likeness (QED) is 0.596. The molecule has 3 rings (SSSR count). The molecule has 0 radical (unpaired) electrons. The topological polar surface area (TPSA) is 81.4 Å². The minimum atomic E-state index is -3.92. The first-order valence-electron chi connectivity index (χ1n) is 7.88. The van der Waals surface area contributed by atoms with Crippen LogP contribution in [0.1, 0.15) is 0 Å². The van der Waals surface area contributed by atoms with Crippen molar-refractivity contribution in [3.8, 4) is 5.75 Å². The molecule has 0 spiro atoms. The van der Waals surface area contributed by atoms with Gasteiger partial charge in [0.1, 0.15) is 16.5 Å². The van der Waals surface area contributed by atoms with Crippen LogP contribution in [-0.2, 0) is 10.0 Å². The summed E-state index contributed by atoms with van der Waals surface area (Å²) >= 11 is 1.31. The van der Waals surface area contributed by atoms with Gasteiger partial charge in [0.15, 0.2) is 0 Å². The summed E-state index contributed by atoms with van der Waals surface area (Å²) in [5.41, 5.74) is 6.48. The summed E-state index contributed by atoms with van der Waals surface area (Å²) in [6.45, 7) is 0. The van der Waals surface area contributed by atoms with Crippen molar-refractivity contribution in [2.24, 2.45) is 0 Å². The van der Waals surface area contributed by atoms with Crippen molar-refractivity contribution < 1.29 is 17.5 Å². The van der Waals surface area contributed by atoms with E-state index in [0.29, 0.717) is 10.6 Å². The number of rotatable bonds is 6. The van der Waals surface area contributed by atoms with Gasteiger partial charge in [-0.15, -0.1) is 0 Å². The van der Waals surface area contributed by atoms with Gasteiger partial charge >= 0.3 is 0 Å². The summed E-state index contributed by atoms with van der Waals surface area (Å²) in [6, 6.07) is 17.4. The number of methoxy groups -OCH3 is 1. The van der Waals surface area contributed by atoms with Crippen LogP contribution in [-0.4, -0.2) is 15.5 Å². The average Bonchev–Trinajstić information content (AvgIpc) is 2.65. The van der Waals surface area contributed by atoms with E-state index in [0.717, 1.165) is 17.0 Å². The predicted octanol–water partition coefficient (Wildman–Crippen LogP) is 4.37. The molecule has 0 saturated carbocycles. The Morgan fingerprint density at radius 3 is 2.44 bits per heavy atom. The van der Waals surface area contributed by atoms with Gasteiger partial charge in [0.25, 0.3) is 10.0 Å². The fourth-order valence-electron chi connectivity index (χ4n) is 2.37. The average molecular weight is 404 g/mol. The van der Waals surface area contributed by atoms with Crippen LogP contribution in [0.3, 0.4) is 0 Å². The Kier molecular flexibility index (Phi) is 5.57. The maximum Gasteiger partial charge on any atom is 0.263 e. The lowest BCUT2D eigenvalue weighted by atomic mass is 10.3. The third-order valence-electron chi connectivity index (χ3n) is 3.65. The first-order chi connectivity index (χ1) is 12.9. The Morgan fingerprint density at radius 2 is 1.74 bits per heavy atom.